The Kier molecular flexibility index (Phi) is 13.8. The number of nitrogens with zero attached hydrogens (tertiary/aromatic N) is 1. The second kappa shape index (κ2) is 16.3. The lowest BCUT2D eigenvalue weighted by Gasteiger charge is -2.42. The summed E-state index contributed by atoms with van der Waals surface area (Å²) in [5.74, 6) is 3.09. The molecular formula is C40H57NS. The van der Waals surface area contributed by atoms with Crippen LogP contribution in [0.5, 0.6) is 0 Å². The Balaban J connectivity index is 0.00000301. The fraction of sp³-hybridized carbons (Fsp3) is 0.500. The molecule has 0 heterocycles. The number of unbranched alkanes of at least 4 members (excludes halogenated alkanes) is 4. The van der Waals surface area contributed by atoms with Gasteiger partial charge < -0.3 is 4.90 Å². The molecule has 0 spiro atoms. The van der Waals surface area contributed by atoms with E-state index in [1.54, 1.807) is 0 Å². The molecule has 0 radical (unpaired) electrons. The van der Waals surface area contributed by atoms with Gasteiger partial charge in [0.2, 0.25) is 0 Å². The van der Waals surface area contributed by atoms with Crippen molar-refractivity contribution in [2.45, 2.75) is 117 Å². The van der Waals surface area contributed by atoms with Crippen LogP contribution in [0.4, 0.5) is 0 Å². The normalized spacial score (nSPS) is 18.5. The molecule has 3 rings (SSSR count). The number of aryl methyl sites for hydroxylation is 1. The Bertz CT molecular complexity index is 1270. The third-order valence-corrected chi connectivity index (χ3v) is 9.48. The Morgan fingerprint density at radius 2 is 1.79 bits per heavy atom. The van der Waals surface area contributed by atoms with Crippen LogP contribution in [0.25, 0.3) is 0 Å². The van der Waals surface area contributed by atoms with Crippen LogP contribution < -0.4 is 0 Å². The number of fused-ring (bicyclic) bond motifs is 1. The molecule has 0 saturated heterocycles. The molecule has 1 aromatic carbocycles. The van der Waals surface area contributed by atoms with Crippen LogP contribution in [-0.4, -0.2) is 18.0 Å². The van der Waals surface area contributed by atoms with E-state index in [2.05, 4.69) is 108 Å². The molecule has 2 aliphatic carbocycles. The summed E-state index contributed by atoms with van der Waals surface area (Å²) < 4.78 is 0. The molecule has 1 aromatic rings. The predicted octanol–water partition coefficient (Wildman–Crippen LogP) is 11.4. The number of hydrogen-bond acceptors (Lipinski definition) is 2. The quantitative estimate of drug-likeness (QED) is 0.105. The van der Waals surface area contributed by atoms with Crippen LogP contribution in [0.2, 0.25) is 0 Å². The summed E-state index contributed by atoms with van der Waals surface area (Å²) in [4.78, 5) is 3.41. The average Bonchev–Trinajstić information content (AvgIpc) is 2.98. The zero-order valence-corrected chi connectivity index (χ0v) is 28.9. The maximum Gasteiger partial charge on any atom is 0.0325 e. The lowest BCUT2D eigenvalue weighted by Crippen LogP contribution is -2.32. The van der Waals surface area contributed by atoms with Crippen molar-refractivity contribution in [1.82, 2.24) is 4.90 Å². The van der Waals surface area contributed by atoms with E-state index in [4.69, 9.17) is 19.1 Å². The van der Waals surface area contributed by atoms with Gasteiger partial charge in [-0.05, 0) is 85.6 Å². The van der Waals surface area contributed by atoms with E-state index in [1.807, 2.05) is 13.8 Å². The van der Waals surface area contributed by atoms with Crippen molar-refractivity contribution >= 4 is 12.6 Å². The SMILES string of the molecule is C#CC1=C(/C=C/C(=C)C(C)(C)c2cc(S)ccc2CCCCCCC)C(=C)CC2=CC(N(CC)CC)=CCC21C.CC. The van der Waals surface area contributed by atoms with Crippen molar-refractivity contribution in [2.24, 2.45) is 5.41 Å². The molecule has 0 amide bonds. The van der Waals surface area contributed by atoms with Crippen molar-refractivity contribution in [3.05, 3.63) is 100 Å². The minimum Gasteiger partial charge on any atom is -0.372 e. The van der Waals surface area contributed by atoms with E-state index >= 15 is 0 Å². The van der Waals surface area contributed by atoms with Crippen LogP contribution in [-0.2, 0) is 11.8 Å². The van der Waals surface area contributed by atoms with E-state index in [9.17, 15) is 0 Å². The molecule has 0 aliphatic heterocycles. The second-order valence-corrected chi connectivity index (χ2v) is 12.7. The number of terminal acetylenes is 1. The predicted molar refractivity (Wildman–Crippen MR) is 190 cm³/mol. The Morgan fingerprint density at radius 3 is 2.40 bits per heavy atom. The monoisotopic (exact) mass is 583 g/mol. The number of thiol groups is 1. The maximum atomic E-state index is 6.22. The van der Waals surface area contributed by atoms with Crippen LogP contribution in [0.3, 0.4) is 0 Å². The van der Waals surface area contributed by atoms with Crippen molar-refractivity contribution in [2.75, 3.05) is 13.1 Å². The van der Waals surface area contributed by atoms with Crippen molar-refractivity contribution < 1.29 is 0 Å². The van der Waals surface area contributed by atoms with Gasteiger partial charge in [0, 0.05) is 40.1 Å². The van der Waals surface area contributed by atoms with Crippen LogP contribution >= 0.6 is 12.6 Å². The zero-order chi connectivity index (χ0) is 31.5. The summed E-state index contributed by atoms with van der Waals surface area (Å²) in [5, 5.41) is 0. The maximum absolute atomic E-state index is 6.22. The summed E-state index contributed by atoms with van der Waals surface area (Å²) in [6.45, 7) is 28.6. The first-order chi connectivity index (χ1) is 20.0. The molecule has 2 aliphatic rings. The molecule has 2 heteroatoms. The number of rotatable bonds is 13. The van der Waals surface area contributed by atoms with Crippen LogP contribution in [0, 0.1) is 17.8 Å². The third kappa shape index (κ3) is 8.05. The summed E-state index contributed by atoms with van der Waals surface area (Å²) in [5.41, 5.74) is 9.28. The van der Waals surface area contributed by atoms with E-state index in [0.29, 0.717) is 0 Å². The van der Waals surface area contributed by atoms with Gasteiger partial charge in [-0.25, -0.2) is 0 Å². The first kappa shape index (κ1) is 35.6. The molecule has 0 bridgehead atoms. The molecule has 0 aromatic heterocycles. The molecule has 0 fully saturated rings. The van der Waals surface area contributed by atoms with Gasteiger partial charge in [-0.15, -0.1) is 19.1 Å². The summed E-state index contributed by atoms with van der Waals surface area (Å²) in [6, 6.07) is 6.61. The van der Waals surface area contributed by atoms with Gasteiger partial charge in [-0.1, -0.05) is 116 Å². The van der Waals surface area contributed by atoms with Gasteiger partial charge in [-0.3, -0.25) is 0 Å². The molecule has 0 saturated carbocycles. The third-order valence-electron chi connectivity index (χ3n) is 9.20. The zero-order valence-electron chi connectivity index (χ0n) is 28.0. The topological polar surface area (TPSA) is 3.24 Å². The van der Waals surface area contributed by atoms with Crippen LogP contribution in [0.1, 0.15) is 111 Å². The van der Waals surface area contributed by atoms with Gasteiger partial charge in [0.15, 0.2) is 0 Å². The van der Waals surface area contributed by atoms with Gasteiger partial charge >= 0.3 is 0 Å². The van der Waals surface area contributed by atoms with Gasteiger partial charge in [0.05, 0.1) is 0 Å². The fourth-order valence-electron chi connectivity index (χ4n) is 6.24. The molecular weight excluding hydrogens is 527 g/mol. The smallest absolute Gasteiger partial charge is 0.0325 e. The lowest BCUT2D eigenvalue weighted by molar-refractivity contribution is 0.375. The van der Waals surface area contributed by atoms with Crippen LogP contribution in [0.15, 0.2) is 94.1 Å². The highest BCUT2D eigenvalue weighted by Gasteiger charge is 2.39. The van der Waals surface area contributed by atoms with Crippen molar-refractivity contribution in [3.63, 3.8) is 0 Å². The summed E-state index contributed by atoms with van der Waals surface area (Å²) in [6.07, 6.45) is 24.5. The summed E-state index contributed by atoms with van der Waals surface area (Å²) >= 11 is 4.69. The summed E-state index contributed by atoms with van der Waals surface area (Å²) in [7, 11) is 0. The minimum atomic E-state index is -0.234. The van der Waals surface area contributed by atoms with E-state index in [0.717, 1.165) is 59.5 Å². The van der Waals surface area contributed by atoms with Crippen molar-refractivity contribution in [3.8, 4) is 12.3 Å². The first-order valence-electron chi connectivity index (χ1n) is 16.3. The highest BCUT2D eigenvalue weighted by Crippen LogP contribution is 2.51. The van der Waals surface area contributed by atoms with E-state index in [1.165, 1.54) is 54.5 Å². The largest absolute Gasteiger partial charge is 0.372 e. The number of allylic oxidation sites excluding steroid dienone is 9. The Hall–Kier alpha value is -2.63. The highest BCUT2D eigenvalue weighted by molar-refractivity contribution is 7.80. The Morgan fingerprint density at radius 1 is 1.12 bits per heavy atom. The Labute approximate surface area is 265 Å². The first-order valence-corrected chi connectivity index (χ1v) is 16.7. The molecule has 1 nitrogen and oxygen atoms in total. The lowest BCUT2D eigenvalue weighted by atomic mass is 9.63. The van der Waals surface area contributed by atoms with Gasteiger partial charge in [0.25, 0.3) is 0 Å². The second-order valence-electron chi connectivity index (χ2n) is 12.2. The minimum absolute atomic E-state index is 0.172. The van der Waals surface area contributed by atoms with Crippen molar-refractivity contribution in [1.29, 1.82) is 0 Å². The molecule has 1 atom stereocenters. The number of hydrogen-bond donors (Lipinski definition) is 1. The van der Waals surface area contributed by atoms with Gasteiger partial charge in [0.1, 0.15) is 0 Å². The number of benzene rings is 1. The molecule has 1 unspecified atom stereocenters. The highest BCUT2D eigenvalue weighted by atomic mass is 32.1. The van der Waals surface area contributed by atoms with E-state index < -0.39 is 0 Å². The molecule has 0 N–H and O–H groups in total. The van der Waals surface area contributed by atoms with Gasteiger partial charge in [-0.2, -0.15) is 0 Å². The fourth-order valence-corrected chi connectivity index (χ4v) is 6.44. The molecule has 228 valence electrons. The standard InChI is InChI=1S/C38H51NS.C2H6/c1-10-14-15-16-17-18-30-20-21-33(40)27-36(30)37(7,8)29(6)19-22-34-28(5)25-31-26-32(39(12-3)13-4)23-24-38(31,9)35(34)11-2;1-2/h2,19-23,26-27,40H,5-6,10,12-18,24-25H2,1,3-4,7-9H3;1-2H3/b22-19+;. The van der Waals surface area contributed by atoms with E-state index in [-0.39, 0.29) is 10.8 Å². The average molecular weight is 584 g/mol. The number of likely N-dealkylation sites (N-methyl/N-ethyl adjacent to an activating group) is 1. The molecule has 42 heavy (non-hydrogen) atoms.